The van der Waals surface area contributed by atoms with E-state index in [9.17, 15) is 16.8 Å². The molecule has 2 heterocycles. The average molecular weight is 324 g/mol. The lowest BCUT2D eigenvalue weighted by Crippen LogP contribution is -2.41. The molecule has 2 saturated heterocycles. The Kier molecular flexibility index (Phi) is 5.09. The van der Waals surface area contributed by atoms with Gasteiger partial charge >= 0.3 is 0 Å². The summed E-state index contributed by atoms with van der Waals surface area (Å²) in [6, 6.07) is -0.108. The quantitative estimate of drug-likeness (QED) is 0.768. The van der Waals surface area contributed by atoms with Crippen LogP contribution in [0.3, 0.4) is 0 Å². The van der Waals surface area contributed by atoms with Gasteiger partial charge in [0.25, 0.3) is 0 Å². The largest absolute Gasteiger partial charge is 0.314 e. The van der Waals surface area contributed by atoms with Gasteiger partial charge < -0.3 is 5.32 Å². The van der Waals surface area contributed by atoms with Crippen molar-refractivity contribution in [1.82, 2.24) is 9.62 Å². The summed E-state index contributed by atoms with van der Waals surface area (Å²) in [5.41, 5.74) is 0. The Morgan fingerprint density at radius 3 is 2.55 bits per heavy atom. The van der Waals surface area contributed by atoms with Crippen LogP contribution in [0.2, 0.25) is 0 Å². The molecule has 2 unspecified atom stereocenters. The number of hydrogen-bond acceptors (Lipinski definition) is 5. The number of sulfone groups is 1. The van der Waals surface area contributed by atoms with Crippen LogP contribution < -0.4 is 5.32 Å². The summed E-state index contributed by atoms with van der Waals surface area (Å²) < 4.78 is 48.7. The minimum atomic E-state index is -3.36. The van der Waals surface area contributed by atoms with Crippen molar-refractivity contribution >= 4 is 19.9 Å². The molecule has 0 amide bonds. The molecule has 2 aliphatic heterocycles. The third kappa shape index (κ3) is 4.16. The van der Waals surface area contributed by atoms with Crippen molar-refractivity contribution in [3.05, 3.63) is 0 Å². The molecule has 0 saturated carbocycles. The average Bonchev–Trinajstić information content (AvgIpc) is 2.77. The molecule has 2 aliphatic rings. The summed E-state index contributed by atoms with van der Waals surface area (Å²) in [5.74, 6) is 0.157. The third-order valence-corrected chi connectivity index (χ3v) is 7.98. The SMILES string of the molecule is CN(C1CCS(=O)(=O)C1)S(=O)(=O)CCC1CCCCN1. The van der Waals surface area contributed by atoms with E-state index in [0.717, 1.165) is 25.8 Å². The summed E-state index contributed by atoms with van der Waals surface area (Å²) in [5, 5.41) is 3.33. The zero-order chi connectivity index (χ0) is 14.8. The van der Waals surface area contributed by atoms with Crippen LogP contribution in [0.4, 0.5) is 0 Å². The Morgan fingerprint density at radius 2 is 2.00 bits per heavy atom. The molecule has 2 atom stereocenters. The molecule has 6 nitrogen and oxygen atoms in total. The van der Waals surface area contributed by atoms with E-state index in [1.807, 2.05) is 0 Å². The van der Waals surface area contributed by atoms with Gasteiger partial charge in [-0.15, -0.1) is 0 Å². The molecule has 0 bridgehead atoms. The zero-order valence-electron chi connectivity index (χ0n) is 11.9. The number of piperidine rings is 1. The molecule has 0 aliphatic carbocycles. The van der Waals surface area contributed by atoms with Crippen LogP contribution in [-0.2, 0) is 19.9 Å². The van der Waals surface area contributed by atoms with Crippen LogP contribution in [0.5, 0.6) is 0 Å². The molecular formula is C12H24N2O4S2. The highest BCUT2D eigenvalue weighted by molar-refractivity contribution is 7.92. The predicted octanol–water partition coefficient (Wildman–Crippen LogP) is -0.0327. The molecule has 2 rings (SSSR count). The van der Waals surface area contributed by atoms with E-state index in [2.05, 4.69) is 5.32 Å². The summed E-state index contributed by atoms with van der Waals surface area (Å²) in [4.78, 5) is 0. The van der Waals surface area contributed by atoms with Crippen LogP contribution in [0.15, 0.2) is 0 Å². The second-order valence-electron chi connectivity index (χ2n) is 5.82. The van der Waals surface area contributed by atoms with Crippen LogP contribution >= 0.6 is 0 Å². The Labute approximate surface area is 121 Å². The van der Waals surface area contributed by atoms with Crippen molar-refractivity contribution in [2.75, 3.05) is 30.9 Å². The first-order chi connectivity index (χ1) is 9.30. The lowest BCUT2D eigenvalue weighted by atomic mass is 10.0. The van der Waals surface area contributed by atoms with E-state index in [1.165, 1.54) is 11.4 Å². The minimum absolute atomic E-state index is 0.0373. The highest BCUT2D eigenvalue weighted by atomic mass is 32.2. The Bertz CT molecular complexity index is 524. The normalized spacial score (nSPS) is 30.7. The van der Waals surface area contributed by atoms with Crippen LogP contribution in [0.1, 0.15) is 32.1 Å². The molecule has 20 heavy (non-hydrogen) atoms. The highest BCUT2D eigenvalue weighted by Crippen LogP contribution is 2.20. The van der Waals surface area contributed by atoms with Gasteiger partial charge in [0.15, 0.2) is 9.84 Å². The first kappa shape index (κ1) is 16.2. The number of nitrogens with zero attached hydrogens (tertiary/aromatic N) is 1. The molecule has 8 heteroatoms. The molecule has 0 aromatic rings. The summed E-state index contributed by atoms with van der Waals surface area (Å²) >= 11 is 0. The van der Waals surface area contributed by atoms with Crippen molar-refractivity contribution in [2.24, 2.45) is 0 Å². The fourth-order valence-electron chi connectivity index (χ4n) is 2.89. The molecule has 0 spiro atoms. The van der Waals surface area contributed by atoms with E-state index < -0.39 is 19.9 Å². The first-order valence-corrected chi connectivity index (χ1v) is 10.6. The summed E-state index contributed by atoms with van der Waals surface area (Å²) in [6.45, 7) is 0.960. The van der Waals surface area contributed by atoms with Gasteiger partial charge in [0.1, 0.15) is 0 Å². The third-order valence-electron chi connectivity index (χ3n) is 4.30. The van der Waals surface area contributed by atoms with E-state index in [1.54, 1.807) is 0 Å². The Morgan fingerprint density at radius 1 is 1.25 bits per heavy atom. The van der Waals surface area contributed by atoms with E-state index in [0.29, 0.717) is 12.8 Å². The number of hydrogen-bond donors (Lipinski definition) is 1. The van der Waals surface area contributed by atoms with Gasteiger partial charge in [-0.25, -0.2) is 21.1 Å². The van der Waals surface area contributed by atoms with Gasteiger partial charge in [-0.1, -0.05) is 6.42 Å². The van der Waals surface area contributed by atoms with E-state index >= 15 is 0 Å². The topological polar surface area (TPSA) is 83.6 Å². The van der Waals surface area contributed by atoms with Crippen molar-refractivity contribution in [2.45, 2.75) is 44.2 Å². The fourth-order valence-corrected chi connectivity index (χ4v) is 6.27. The molecular weight excluding hydrogens is 300 g/mol. The number of nitrogens with one attached hydrogen (secondary N) is 1. The summed E-state index contributed by atoms with van der Waals surface area (Å²) in [7, 11) is -4.91. The molecule has 0 aromatic carbocycles. The summed E-state index contributed by atoms with van der Waals surface area (Å²) in [6.07, 6.45) is 4.35. The standard InChI is InChI=1S/C12H24N2O4S2/c1-14(12-6-8-19(15,16)10-12)20(17,18)9-5-11-4-2-3-7-13-11/h11-13H,2-10H2,1H3. The molecule has 118 valence electrons. The lowest BCUT2D eigenvalue weighted by molar-refractivity contribution is 0.375. The van der Waals surface area contributed by atoms with Gasteiger partial charge in [-0.2, -0.15) is 0 Å². The van der Waals surface area contributed by atoms with Crippen molar-refractivity contribution in [1.29, 1.82) is 0 Å². The van der Waals surface area contributed by atoms with Gasteiger partial charge in [-0.3, -0.25) is 0 Å². The molecule has 1 N–H and O–H groups in total. The van der Waals surface area contributed by atoms with Crippen molar-refractivity contribution < 1.29 is 16.8 Å². The van der Waals surface area contributed by atoms with Crippen LogP contribution in [-0.4, -0.2) is 64.1 Å². The second-order valence-corrected chi connectivity index (χ2v) is 10.2. The fraction of sp³-hybridized carbons (Fsp3) is 1.00. The van der Waals surface area contributed by atoms with Crippen molar-refractivity contribution in [3.8, 4) is 0 Å². The number of sulfonamides is 1. The minimum Gasteiger partial charge on any atom is -0.314 e. The van der Waals surface area contributed by atoms with Gasteiger partial charge in [0.2, 0.25) is 10.0 Å². The Hall–Kier alpha value is -0.180. The number of rotatable bonds is 5. The molecule has 0 radical (unpaired) electrons. The highest BCUT2D eigenvalue weighted by Gasteiger charge is 2.35. The second kappa shape index (κ2) is 6.29. The van der Waals surface area contributed by atoms with E-state index in [4.69, 9.17) is 0 Å². The van der Waals surface area contributed by atoms with Crippen molar-refractivity contribution in [3.63, 3.8) is 0 Å². The molecule has 0 aromatic heterocycles. The van der Waals surface area contributed by atoms with Gasteiger partial charge in [-0.05, 0) is 32.2 Å². The Balaban J connectivity index is 1.89. The van der Waals surface area contributed by atoms with Gasteiger partial charge in [0.05, 0.1) is 17.3 Å². The van der Waals surface area contributed by atoms with Crippen LogP contribution in [0, 0.1) is 0 Å². The van der Waals surface area contributed by atoms with E-state index in [-0.39, 0.29) is 29.3 Å². The van der Waals surface area contributed by atoms with Gasteiger partial charge in [0, 0.05) is 19.1 Å². The smallest absolute Gasteiger partial charge is 0.214 e. The maximum absolute atomic E-state index is 12.3. The monoisotopic (exact) mass is 324 g/mol. The predicted molar refractivity (Wildman–Crippen MR) is 78.9 cm³/mol. The zero-order valence-corrected chi connectivity index (χ0v) is 13.5. The first-order valence-electron chi connectivity index (χ1n) is 7.20. The van der Waals surface area contributed by atoms with Crippen LogP contribution in [0.25, 0.3) is 0 Å². The lowest BCUT2D eigenvalue weighted by Gasteiger charge is -2.26. The molecule has 2 fully saturated rings. The maximum atomic E-state index is 12.3. The maximum Gasteiger partial charge on any atom is 0.214 e.